The average molecular weight is 312 g/mol. The van der Waals surface area contributed by atoms with Gasteiger partial charge in [-0.05, 0) is 50.5 Å². The van der Waals surface area contributed by atoms with E-state index in [-0.39, 0.29) is 0 Å². The first-order valence-corrected chi connectivity index (χ1v) is 7.87. The Balaban J connectivity index is 2.46. The lowest BCUT2D eigenvalue weighted by atomic mass is 10.1. The first-order chi connectivity index (χ1) is 8.54. The van der Waals surface area contributed by atoms with Gasteiger partial charge in [0.2, 0.25) is 0 Å². The second-order valence-corrected chi connectivity index (χ2v) is 6.11. The van der Waals surface area contributed by atoms with Gasteiger partial charge in [-0.25, -0.2) is 0 Å². The minimum atomic E-state index is 0.557. The first-order valence-electron chi connectivity index (χ1n) is 7.08. The number of anilines is 1. The van der Waals surface area contributed by atoms with Crippen LogP contribution in [0.5, 0.6) is 0 Å². The molecular formula is C16H26BrN. The summed E-state index contributed by atoms with van der Waals surface area (Å²) in [6, 6.07) is 5.00. The predicted octanol–water partition coefficient (Wildman–Crippen LogP) is 5.84. The first kappa shape index (κ1) is 15.6. The van der Waals surface area contributed by atoms with E-state index >= 15 is 0 Å². The van der Waals surface area contributed by atoms with Crippen molar-refractivity contribution in [2.75, 3.05) is 5.32 Å². The Morgan fingerprint density at radius 3 is 2.28 bits per heavy atom. The molecule has 0 aliphatic rings. The maximum atomic E-state index is 3.61. The molecular weight excluding hydrogens is 286 g/mol. The molecule has 0 amide bonds. The number of nitrogens with one attached hydrogen (secondary N) is 1. The highest BCUT2D eigenvalue weighted by Gasteiger charge is 2.05. The maximum absolute atomic E-state index is 3.61. The minimum absolute atomic E-state index is 0.557. The van der Waals surface area contributed by atoms with Crippen LogP contribution in [-0.4, -0.2) is 6.04 Å². The van der Waals surface area contributed by atoms with E-state index in [0.29, 0.717) is 6.04 Å². The number of aryl methyl sites for hydroxylation is 2. The van der Waals surface area contributed by atoms with Crippen LogP contribution in [0.4, 0.5) is 5.69 Å². The summed E-state index contributed by atoms with van der Waals surface area (Å²) in [5.74, 6) is 0. The molecule has 18 heavy (non-hydrogen) atoms. The summed E-state index contributed by atoms with van der Waals surface area (Å²) >= 11 is 3.61. The summed E-state index contributed by atoms with van der Waals surface area (Å²) in [7, 11) is 0. The van der Waals surface area contributed by atoms with Crippen LogP contribution in [0.15, 0.2) is 16.6 Å². The van der Waals surface area contributed by atoms with Gasteiger partial charge in [0.05, 0.1) is 0 Å². The molecule has 0 saturated carbocycles. The standard InChI is InChI=1S/C16H26BrN/c1-5-6-7-8-9-14(4)18-15-10-12(2)16(17)13(3)11-15/h10-11,14,18H,5-9H2,1-4H3. The Morgan fingerprint density at radius 1 is 1.11 bits per heavy atom. The van der Waals surface area contributed by atoms with Crippen molar-refractivity contribution in [3.63, 3.8) is 0 Å². The van der Waals surface area contributed by atoms with Crippen LogP contribution >= 0.6 is 15.9 Å². The summed E-state index contributed by atoms with van der Waals surface area (Å²) in [4.78, 5) is 0. The minimum Gasteiger partial charge on any atom is -0.383 e. The fourth-order valence-corrected chi connectivity index (χ4v) is 2.49. The second kappa shape index (κ2) is 7.83. The lowest BCUT2D eigenvalue weighted by Gasteiger charge is -2.17. The van der Waals surface area contributed by atoms with Gasteiger partial charge in [-0.2, -0.15) is 0 Å². The number of hydrogen-bond donors (Lipinski definition) is 1. The highest BCUT2D eigenvalue weighted by Crippen LogP contribution is 2.25. The predicted molar refractivity (Wildman–Crippen MR) is 85.5 cm³/mol. The topological polar surface area (TPSA) is 12.0 Å². The van der Waals surface area contributed by atoms with Gasteiger partial charge in [-0.15, -0.1) is 0 Å². The fraction of sp³-hybridized carbons (Fsp3) is 0.625. The van der Waals surface area contributed by atoms with Crippen molar-refractivity contribution in [3.8, 4) is 0 Å². The Morgan fingerprint density at radius 2 is 1.72 bits per heavy atom. The van der Waals surface area contributed by atoms with Crippen LogP contribution in [0, 0.1) is 13.8 Å². The summed E-state index contributed by atoms with van der Waals surface area (Å²) in [5.41, 5.74) is 3.85. The van der Waals surface area contributed by atoms with Crippen molar-refractivity contribution in [2.24, 2.45) is 0 Å². The number of halogens is 1. The zero-order valence-corrected chi connectivity index (χ0v) is 13.7. The molecule has 0 aliphatic heterocycles. The SMILES string of the molecule is CCCCCCC(C)Nc1cc(C)c(Br)c(C)c1. The summed E-state index contributed by atoms with van der Waals surface area (Å²) in [6.07, 6.45) is 6.63. The number of benzene rings is 1. The molecule has 1 atom stereocenters. The molecule has 0 saturated heterocycles. The van der Waals surface area contributed by atoms with E-state index in [1.54, 1.807) is 0 Å². The van der Waals surface area contributed by atoms with E-state index in [1.807, 2.05) is 0 Å². The van der Waals surface area contributed by atoms with Crippen LogP contribution in [0.3, 0.4) is 0 Å². The van der Waals surface area contributed by atoms with Gasteiger partial charge in [-0.3, -0.25) is 0 Å². The Bertz CT molecular complexity index is 350. The third-order valence-electron chi connectivity index (χ3n) is 3.34. The molecule has 2 heteroatoms. The van der Waals surface area contributed by atoms with E-state index in [9.17, 15) is 0 Å². The number of rotatable bonds is 7. The fourth-order valence-electron chi connectivity index (χ4n) is 2.26. The number of hydrogen-bond acceptors (Lipinski definition) is 1. The van der Waals surface area contributed by atoms with Crippen molar-refractivity contribution >= 4 is 21.6 Å². The molecule has 1 unspecified atom stereocenters. The monoisotopic (exact) mass is 311 g/mol. The molecule has 0 fully saturated rings. The van der Waals surface area contributed by atoms with Crippen LogP contribution < -0.4 is 5.32 Å². The molecule has 0 aromatic heterocycles. The Labute approximate surface area is 120 Å². The second-order valence-electron chi connectivity index (χ2n) is 5.32. The van der Waals surface area contributed by atoms with Crippen molar-refractivity contribution in [2.45, 2.75) is 65.8 Å². The zero-order valence-electron chi connectivity index (χ0n) is 12.1. The Kier molecular flexibility index (Phi) is 6.77. The van der Waals surface area contributed by atoms with Gasteiger partial charge >= 0.3 is 0 Å². The van der Waals surface area contributed by atoms with Crippen molar-refractivity contribution in [3.05, 3.63) is 27.7 Å². The molecule has 0 bridgehead atoms. The van der Waals surface area contributed by atoms with E-state index in [4.69, 9.17) is 0 Å². The van der Waals surface area contributed by atoms with Gasteiger partial charge < -0.3 is 5.32 Å². The summed E-state index contributed by atoms with van der Waals surface area (Å²) < 4.78 is 1.23. The van der Waals surface area contributed by atoms with E-state index in [0.717, 1.165) is 0 Å². The molecule has 1 aromatic rings. The molecule has 1 rings (SSSR count). The molecule has 0 spiro atoms. The van der Waals surface area contributed by atoms with E-state index in [2.05, 4.69) is 61.1 Å². The Hall–Kier alpha value is -0.500. The van der Waals surface area contributed by atoms with Gasteiger partial charge in [0.15, 0.2) is 0 Å². The molecule has 1 aromatic carbocycles. The van der Waals surface area contributed by atoms with Crippen molar-refractivity contribution in [1.82, 2.24) is 0 Å². The third kappa shape index (κ3) is 5.01. The van der Waals surface area contributed by atoms with Gasteiger partial charge in [-0.1, -0.05) is 48.5 Å². The van der Waals surface area contributed by atoms with E-state index < -0.39 is 0 Å². The normalized spacial score (nSPS) is 12.5. The quantitative estimate of drug-likeness (QED) is 0.624. The average Bonchev–Trinajstić information content (AvgIpc) is 2.31. The van der Waals surface area contributed by atoms with Crippen LogP contribution in [0.1, 0.15) is 57.1 Å². The summed E-state index contributed by atoms with van der Waals surface area (Å²) in [5, 5.41) is 3.61. The molecule has 0 aliphatic carbocycles. The van der Waals surface area contributed by atoms with Crippen LogP contribution in [-0.2, 0) is 0 Å². The van der Waals surface area contributed by atoms with Gasteiger partial charge in [0.1, 0.15) is 0 Å². The third-order valence-corrected chi connectivity index (χ3v) is 4.59. The zero-order chi connectivity index (χ0) is 13.5. The highest BCUT2D eigenvalue weighted by molar-refractivity contribution is 9.10. The largest absolute Gasteiger partial charge is 0.383 e. The number of unbranched alkanes of at least 4 members (excludes halogenated alkanes) is 3. The van der Waals surface area contributed by atoms with Crippen LogP contribution in [0.2, 0.25) is 0 Å². The van der Waals surface area contributed by atoms with Gasteiger partial charge in [0.25, 0.3) is 0 Å². The smallest absolute Gasteiger partial charge is 0.0348 e. The highest BCUT2D eigenvalue weighted by atomic mass is 79.9. The molecule has 0 radical (unpaired) electrons. The molecule has 102 valence electrons. The lowest BCUT2D eigenvalue weighted by molar-refractivity contribution is 0.594. The molecule has 0 heterocycles. The maximum Gasteiger partial charge on any atom is 0.0348 e. The van der Waals surface area contributed by atoms with Crippen molar-refractivity contribution < 1.29 is 0 Å². The summed E-state index contributed by atoms with van der Waals surface area (Å²) in [6.45, 7) is 8.83. The van der Waals surface area contributed by atoms with Gasteiger partial charge in [0, 0.05) is 16.2 Å². The van der Waals surface area contributed by atoms with E-state index in [1.165, 1.54) is 53.4 Å². The van der Waals surface area contributed by atoms with Crippen molar-refractivity contribution in [1.29, 1.82) is 0 Å². The molecule has 1 N–H and O–H groups in total. The van der Waals surface area contributed by atoms with Crippen LogP contribution in [0.25, 0.3) is 0 Å². The lowest BCUT2D eigenvalue weighted by Crippen LogP contribution is -2.15. The molecule has 1 nitrogen and oxygen atoms in total.